The first kappa shape index (κ1) is 16.6. The summed E-state index contributed by atoms with van der Waals surface area (Å²) in [5, 5.41) is 8.86. The molecule has 0 heterocycles. The number of rotatable bonds is 6. The molecule has 4 heteroatoms. The molecule has 3 nitrogen and oxygen atoms in total. The van der Waals surface area contributed by atoms with E-state index in [2.05, 4.69) is 32.6 Å². The normalized spacial score (nSPS) is 13.5. The minimum Gasteiger partial charge on any atom is -0.481 e. The van der Waals surface area contributed by atoms with E-state index in [1.165, 1.54) is 12.1 Å². The Morgan fingerprint density at radius 3 is 2.30 bits per heavy atom. The summed E-state index contributed by atoms with van der Waals surface area (Å²) >= 11 is 0. The van der Waals surface area contributed by atoms with Gasteiger partial charge < -0.3 is 5.11 Å². The standard InChI is InChI=1S/C16H24FNO2/c1-12(11-13-5-7-14(17)8-6-13)18(16(2,3)4)10-9-15(19)20/h5-8,12H,9-11H2,1-4H3,(H,19,20). The molecule has 0 aliphatic carbocycles. The van der Waals surface area contributed by atoms with Gasteiger partial charge in [-0.15, -0.1) is 0 Å². The van der Waals surface area contributed by atoms with Crippen LogP contribution < -0.4 is 0 Å². The van der Waals surface area contributed by atoms with E-state index in [9.17, 15) is 9.18 Å². The number of carbonyl (C=O) groups is 1. The number of nitrogens with zero attached hydrogens (tertiary/aromatic N) is 1. The number of halogens is 1. The van der Waals surface area contributed by atoms with Gasteiger partial charge in [0, 0.05) is 18.1 Å². The van der Waals surface area contributed by atoms with Crippen LogP contribution >= 0.6 is 0 Å². The molecule has 1 atom stereocenters. The molecular formula is C16H24FNO2. The van der Waals surface area contributed by atoms with Crippen molar-refractivity contribution in [1.29, 1.82) is 0 Å². The van der Waals surface area contributed by atoms with Gasteiger partial charge in [0.15, 0.2) is 0 Å². The average Bonchev–Trinajstić information content (AvgIpc) is 2.30. The minimum atomic E-state index is -0.784. The van der Waals surface area contributed by atoms with Crippen LogP contribution in [0.5, 0.6) is 0 Å². The number of hydrogen-bond acceptors (Lipinski definition) is 2. The van der Waals surface area contributed by atoms with Crippen molar-refractivity contribution in [1.82, 2.24) is 4.90 Å². The van der Waals surface area contributed by atoms with E-state index in [1.54, 1.807) is 12.1 Å². The van der Waals surface area contributed by atoms with Crippen molar-refractivity contribution >= 4 is 5.97 Å². The summed E-state index contributed by atoms with van der Waals surface area (Å²) in [5.74, 6) is -1.02. The molecule has 0 aliphatic heterocycles. The van der Waals surface area contributed by atoms with Gasteiger partial charge in [-0.25, -0.2) is 4.39 Å². The third-order valence-electron chi connectivity index (χ3n) is 3.40. The van der Waals surface area contributed by atoms with E-state index < -0.39 is 5.97 Å². The van der Waals surface area contributed by atoms with Crippen LogP contribution in [-0.4, -0.2) is 34.1 Å². The predicted molar refractivity (Wildman–Crippen MR) is 78.3 cm³/mol. The van der Waals surface area contributed by atoms with E-state index in [0.29, 0.717) is 6.54 Å². The molecule has 1 rings (SSSR count). The molecule has 0 amide bonds. The molecule has 0 radical (unpaired) electrons. The molecule has 1 aromatic carbocycles. The summed E-state index contributed by atoms with van der Waals surface area (Å²) in [7, 11) is 0. The number of carboxylic acid groups (broad SMARTS) is 1. The Morgan fingerprint density at radius 1 is 1.30 bits per heavy atom. The Hall–Kier alpha value is -1.42. The lowest BCUT2D eigenvalue weighted by atomic mass is 9.98. The van der Waals surface area contributed by atoms with E-state index >= 15 is 0 Å². The maximum Gasteiger partial charge on any atom is 0.304 e. The highest BCUT2D eigenvalue weighted by molar-refractivity contribution is 5.66. The summed E-state index contributed by atoms with van der Waals surface area (Å²) in [4.78, 5) is 13.0. The molecule has 0 fully saturated rings. The number of hydrogen-bond donors (Lipinski definition) is 1. The second-order valence-electron chi connectivity index (χ2n) is 6.19. The van der Waals surface area contributed by atoms with Gasteiger partial charge >= 0.3 is 5.97 Å². The highest BCUT2D eigenvalue weighted by atomic mass is 19.1. The molecule has 1 unspecified atom stereocenters. The summed E-state index contributed by atoms with van der Waals surface area (Å²) < 4.78 is 12.9. The lowest BCUT2D eigenvalue weighted by Crippen LogP contribution is -2.48. The second-order valence-corrected chi connectivity index (χ2v) is 6.19. The van der Waals surface area contributed by atoms with Gasteiger partial charge in [-0.1, -0.05) is 12.1 Å². The van der Waals surface area contributed by atoms with E-state index in [4.69, 9.17) is 5.11 Å². The van der Waals surface area contributed by atoms with Gasteiger partial charge in [0.1, 0.15) is 5.82 Å². The average molecular weight is 281 g/mol. The van der Waals surface area contributed by atoms with Crippen molar-refractivity contribution in [2.75, 3.05) is 6.54 Å². The number of carboxylic acids is 1. The molecule has 1 N–H and O–H groups in total. The highest BCUT2D eigenvalue weighted by Gasteiger charge is 2.26. The van der Waals surface area contributed by atoms with E-state index in [-0.39, 0.29) is 23.8 Å². The summed E-state index contributed by atoms with van der Waals surface area (Å²) in [6, 6.07) is 6.68. The van der Waals surface area contributed by atoms with Crippen LogP contribution in [0, 0.1) is 5.82 Å². The molecule has 112 valence electrons. The zero-order chi connectivity index (χ0) is 15.3. The molecule has 0 saturated carbocycles. The molecule has 0 aromatic heterocycles. The largest absolute Gasteiger partial charge is 0.481 e. The predicted octanol–water partition coefficient (Wildman–Crippen LogP) is 3.33. The maximum atomic E-state index is 12.9. The Balaban J connectivity index is 2.74. The van der Waals surface area contributed by atoms with Crippen LogP contribution in [0.4, 0.5) is 4.39 Å². The van der Waals surface area contributed by atoms with Gasteiger partial charge in [0.2, 0.25) is 0 Å². The summed E-state index contributed by atoms with van der Waals surface area (Å²) in [5.41, 5.74) is 0.956. The highest BCUT2D eigenvalue weighted by Crippen LogP contribution is 2.20. The fourth-order valence-electron chi connectivity index (χ4n) is 2.50. The van der Waals surface area contributed by atoms with Gasteiger partial charge in [-0.3, -0.25) is 9.69 Å². The zero-order valence-corrected chi connectivity index (χ0v) is 12.7. The van der Waals surface area contributed by atoms with Crippen molar-refractivity contribution in [3.63, 3.8) is 0 Å². The van der Waals surface area contributed by atoms with E-state index in [0.717, 1.165) is 12.0 Å². The molecular weight excluding hydrogens is 257 g/mol. The van der Waals surface area contributed by atoms with Crippen molar-refractivity contribution in [3.05, 3.63) is 35.6 Å². The second kappa shape index (κ2) is 6.84. The Labute approximate surface area is 120 Å². The molecule has 0 bridgehead atoms. The zero-order valence-electron chi connectivity index (χ0n) is 12.7. The minimum absolute atomic E-state index is 0.102. The summed E-state index contributed by atoms with van der Waals surface area (Å²) in [6.07, 6.45) is 0.905. The lowest BCUT2D eigenvalue weighted by Gasteiger charge is -2.40. The molecule has 0 spiro atoms. The van der Waals surface area contributed by atoms with Gasteiger partial charge in [0.25, 0.3) is 0 Å². The monoisotopic (exact) mass is 281 g/mol. The first-order chi connectivity index (χ1) is 9.20. The first-order valence-corrected chi connectivity index (χ1v) is 6.93. The van der Waals surface area contributed by atoms with Crippen LogP contribution in [-0.2, 0) is 11.2 Å². The fourth-order valence-corrected chi connectivity index (χ4v) is 2.50. The number of benzene rings is 1. The number of aliphatic carboxylic acids is 1. The van der Waals surface area contributed by atoms with Crippen molar-refractivity contribution in [3.8, 4) is 0 Å². The van der Waals surface area contributed by atoms with Crippen molar-refractivity contribution < 1.29 is 14.3 Å². The molecule has 0 aliphatic rings. The third kappa shape index (κ3) is 5.29. The van der Waals surface area contributed by atoms with Crippen molar-refractivity contribution in [2.24, 2.45) is 0 Å². The van der Waals surface area contributed by atoms with Crippen LogP contribution in [0.15, 0.2) is 24.3 Å². The first-order valence-electron chi connectivity index (χ1n) is 6.93. The Morgan fingerprint density at radius 2 is 1.85 bits per heavy atom. The quantitative estimate of drug-likeness (QED) is 0.869. The topological polar surface area (TPSA) is 40.5 Å². The maximum absolute atomic E-state index is 12.9. The SMILES string of the molecule is CC(Cc1ccc(F)cc1)N(CCC(=O)O)C(C)(C)C. The lowest BCUT2D eigenvalue weighted by molar-refractivity contribution is -0.137. The van der Waals surface area contributed by atoms with Gasteiger partial charge in [0.05, 0.1) is 6.42 Å². The third-order valence-corrected chi connectivity index (χ3v) is 3.40. The molecule has 0 saturated heterocycles. The molecule has 20 heavy (non-hydrogen) atoms. The fraction of sp³-hybridized carbons (Fsp3) is 0.562. The van der Waals surface area contributed by atoms with Gasteiger partial charge in [-0.05, 0) is 51.8 Å². The van der Waals surface area contributed by atoms with E-state index in [1.807, 2.05) is 0 Å². The Kier molecular flexibility index (Phi) is 5.69. The van der Waals surface area contributed by atoms with Crippen LogP contribution in [0.1, 0.15) is 39.7 Å². The van der Waals surface area contributed by atoms with Crippen LogP contribution in [0.2, 0.25) is 0 Å². The van der Waals surface area contributed by atoms with Crippen LogP contribution in [0.25, 0.3) is 0 Å². The van der Waals surface area contributed by atoms with Crippen LogP contribution in [0.3, 0.4) is 0 Å². The Bertz CT molecular complexity index is 437. The van der Waals surface area contributed by atoms with Crippen molar-refractivity contribution in [2.45, 2.75) is 52.1 Å². The molecule has 1 aromatic rings. The smallest absolute Gasteiger partial charge is 0.304 e. The van der Waals surface area contributed by atoms with Gasteiger partial charge in [-0.2, -0.15) is 0 Å². The summed E-state index contributed by atoms with van der Waals surface area (Å²) in [6.45, 7) is 8.83.